The van der Waals surface area contributed by atoms with E-state index in [-0.39, 0.29) is 0 Å². The number of hydrogen-bond acceptors (Lipinski definition) is 2. The molecular weight excluding hydrogens is 256 g/mol. The SMILES string of the molecule is CONCc1cccc2c1c(Br)cn2C. The molecule has 1 aromatic heterocycles. The first-order valence-corrected chi connectivity index (χ1v) is 5.51. The molecule has 80 valence electrons. The van der Waals surface area contributed by atoms with Crippen molar-refractivity contribution >= 4 is 26.8 Å². The average molecular weight is 269 g/mol. The van der Waals surface area contributed by atoms with E-state index in [0.717, 1.165) is 4.47 Å². The first-order chi connectivity index (χ1) is 7.24. The molecule has 2 rings (SSSR count). The van der Waals surface area contributed by atoms with Crippen molar-refractivity contribution in [2.45, 2.75) is 6.54 Å². The van der Waals surface area contributed by atoms with Crippen LogP contribution in [-0.2, 0) is 18.4 Å². The maximum atomic E-state index is 4.87. The maximum absolute atomic E-state index is 4.87. The Balaban J connectivity index is 2.54. The van der Waals surface area contributed by atoms with Crippen molar-refractivity contribution in [3.05, 3.63) is 34.4 Å². The van der Waals surface area contributed by atoms with Gasteiger partial charge in [-0.05, 0) is 27.6 Å². The zero-order valence-electron chi connectivity index (χ0n) is 8.75. The first-order valence-electron chi connectivity index (χ1n) is 4.72. The number of nitrogens with one attached hydrogen (secondary N) is 1. The predicted octanol–water partition coefficient (Wildman–Crippen LogP) is 2.59. The van der Waals surface area contributed by atoms with Crippen molar-refractivity contribution in [3.63, 3.8) is 0 Å². The normalized spacial score (nSPS) is 11.1. The molecule has 1 N–H and O–H groups in total. The summed E-state index contributed by atoms with van der Waals surface area (Å²) in [6.07, 6.45) is 2.07. The Morgan fingerprint density at radius 2 is 2.27 bits per heavy atom. The molecule has 0 aliphatic heterocycles. The second-order valence-corrected chi connectivity index (χ2v) is 4.28. The third kappa shape index (κ3) is 1.93. The van der Waals surface area contributed by atoms with Crippen LogP contribution in [0.15, 0.2) is 28.9 Å². The molecular formula is C11H13BrN2O. The van der Waals surface area contributed by atoms with Gasteiger partial charge in [0.25, 0.3) is 0 Å². The topological polar surface area (TPSA) is 26.2 Å². The first kappa shape index (κ1) is 10.7. The van der Waals surface area contributed by atoms with Crippen LogP contribution in [-0.4, -0.2) is 11.7 Å². The number of fused-ring (bicyclic) bond motifs is 1. The lowest BCUT2D eigenvalue weighted by atomic mass is 10.1. The number of rotatable bonds is 3. The van der Waals surface area contributed by atoms with Crippen molar-refractivity contribution in [2.75, 3.05) is 7.11 Å². The van der Waals surface area contributed by atoms with Gasteiger partial charge in [-0.3, -0.25) is 0 Å². The number of halogens is 1. The molecule has 0 aliphatic rings. The lowest BCUT2D eigenvalue weighted by Gasteiger charge is -2.05. The van der Waals surface area contributed by atoms with Gasteiger partial charge >= 0.3 is 0 Å². The Bertz CT molecular complexity index is 479. The third-order valence-electron chi connectivity index (χ3n) is 2.46. The van der Waals surface area contributed by atoms with E-state index < -0.39 is 0 Å². The summed E-state index contributed by atoms with van der Waals surface area (Å²) >= 11 is 3.57. The highest BCUT2D eigenvalue weighted by atomic mass is 79.9. The Morgan fingerprint density at radius 1 is 1.47 bits per heavy atom. The fourth-order valence-corrected chi connectivity index (χ4v) is 2.52. The summed E-state index contributed by atoms with van der Waals surface area (Å²) in [5.41, 5.74) is 5.31. The van der Waals surface area contributed by atoms with Crippen LogP contribution in [0.2, 0.25) is 0 Å². The molecule has 3 nitrogen and oxygen atoms in total. The molecule has 1 heterocycles. The smallest absolute Gasteiger partial charge is 0.0572 e. The molecule has 0 fully saturated rings. The molecule has 0 unspecified atom stereocenters. The van der Waals surface area contributed by atoms with E-state index in [0.29, 0.717) is 6.54 Å². The minimum absolute atomic E-state index is 0.705. The van der Waals surface area contributed by atoms with E-state index in [2.05, 4.69) is 50.4 Å². The molecule has 1 aromatic carbocycles. The molecule has 0 aliphatic carbocycles. The molecule has 0 atom stereocenters. The van der Waals surface area contributed by atoms with E-state index in [1.165, 1.54) is 16.5 Å². The number of aryl methyl sites for hydroxylation is 1. The highest BCUT2D eigenvalue weighted by molar-refractivity contribution is 9.10. The van der Waals surface area contributed by atoms with Crippen molar-refractivity contribution < 1.29 is 4.84 Å². The number of aromatic nitrogens is 1. The van der Waals surface area contributed by atoms with Gasteiger partial charge in [0.05, 0.1) is 7.11 Å². The zero-order valence-corrected chi connectivity index (χ0v) is 10.3. The predicted molar refractivity (Wildman–Crippen MR) is 64.5 cm³/mol. The molecule has 0 saturated heterocycles. The van der Waals surface area contributed by atoms with Crippen molar-refractivity contribution in [1.82, 2.24) is 10.0 Å². The molecule has 0 saturated carbocycles. The van der Waals surface area contributed by atoms with Crippen LogP contribution in [0.4, 0.5) is 0 Å². The van der Waals surface area contributed by atoms with Gasteiger partial charge in [-0.25, -0.2) is 0 Å². The van der Waals surface area contributed by atoms with Crippen LogP contribution < -0.4 is 5.48 Å². The van der Waals surface area contributed by atoms with E-state index in [1.54, 1.807) is 7.11 Å². The van der Waals surface area contributed by atoms with E-state index in [1.807, 2.05) is 7.05 Å². The molecule has 0 amide bonds. The number of nitrogens with zero attached hydrogens (tertiary/aromatic N) is 1. The van der Waals surface area contributed by atoms with Crippen LogP contribution in [0, 0.1) is 0 Å². The summed E-state index contributed by atoms with van der Waals surface area (Å²) in [7, 11) is 3.67. The van der Waals surface area contributed by atoms with Crippen molar-refractivity contribution in [3.8, 4) is 0 Å². The van der Waals surface area contributed by atoms with Gasteiger partial charge in [0.15, 0.2) is 0 Å². The fourth-order valence-electron chi connectivity index (χ4n) is 1.76. The van der Waals surface area contributed by atoms with E-state index in [4.69, 9.17) is 4.84 Å². The third-order valence-corrected chi connectivity index (χ3v) is 3.06. The van der Waals surface area contributed by atoms with Crippen LogP contribution in [0.3, 0.4) is 0 Å². The summed E-state index contributed by atoms with van der Waals surface area (Å²) in [6.45, 7) is 0.705. The molecule has 0 radical (unpaired) electrons. The second kappa shape index (κ2) is 4.35. The fraction of sp³-hybridized carbons (Fsp3) is 0.273. The zero-order chi connectivity index (χ0) is 10.8. The summed E-state index contributed by atoms with van der Waals surface area (Å²) in [4.78, 5) is 4.87. The number of hydrogen-bond donors (Lipinski definition) is 1. The molecule has 0 spiro atoms. The molecule has 0 bridgehead atoms. The minimum Gasteiger partial charge on any atom is -0.349 e. The van der Waals surface area contributed by atoms with E-state index >= 15 is 0 Å². The van der Waals surface area contributed by atoms with Gasteiger partial charge in [-0.15, -0.1) is 0 Å². The molecule has 4 heteroatoms. The van der Waals surface area contributed by atoms with Crippen molar-refractivity contribution in [2.24, 2.45) is 7.05 Å². The Morgan fingerprint density at radius 3 is 3.00 bits per heavy atom. The highest BCUT2D eigenvalue weighted by Crippen LogP contribution is 2.28. The lowest BCUT2D eigenvalue weighted by molar-refractivity contribution is 0.0870. The van der Waals surface area contributed by atoms with Crippen LogP contribution in [0.25, 0.3) is 10.9 Å². The van der Waals surface area contributed by atoms with Gasteiger partial charge in [0, 0.05) is 35.2 Å². The summed E-state index contributed by atoms with van der Waals surface area (Å²) in [5.74, 6) is 0. The van der Waals surface area contributed by atoms with E-state index in [9.17, 15) is 0 Å². The Hall–Kier alpha value is -0.840. The maximum Gasteiger partial charge on any atom is 0.0572 e. The van der Waals surface area contributed by atoms with Gasteiger partial charge in [0.1, 0.15) is 0 Å². The highest BCUT2D eigenvalue weighted by Gasteiger charge is 2.08. The Labute approximate surface area is 97.1 Å². The second-order valence-electron chi connectivity index (χ2n) is 3.42. The Kier molecular flexibility index (Phi) is 3.09. The quantitative estimate of drug-likeness (QED) is 0.867. The van der Waals surface area contributed by atoms with Crippen LogP contribution in [0.5, 0.6) is 0 Å². The molecule has 2 aromatic rings. The monoisotopic (exact) mass is 268 g/mol. The van der Waals surface area contributed by atoms with Gasteiger partial charge < -0.3 is 9.40 Å². The lowest BCUT2D eigenvalue weighted by Crippen LogP contribution is -2.10. The minimum atomic E-state index is 0.705. The average Bonchev–Trinajstić information content (AvgIpc) is 2.53. The number of benzene rings is 1. The number of hydroxylamine groups is 1. The van der Waals surface area contributed by atoms with Gasteiger partial charge in [0.2, 0.25) is 0 Å². The van der Waals surface area contributed by atoms with Crippen LogP contribution >= 0.6 is 15.9 Å². The van der Waals surface area contributed by atoms with Gasteiger partial charge in [-0.2, -0.15) is 5.48 Å². The largest absolute Gasteiger partial charge is 0.349 e. The van der Waals surface area contributed by atoms with Crippen LogP contribution in [0.1, 0.15) is 5.56 Å². The summed E-state index contributed by atoms with van der Waals surface area (Å²) < 4.78 is 3.23. The standard InChI is InChI=1S/C11H13BrN2O/c1-14-7-9(12)11-8(6-13-15-2)4-3-5-10(11)14/h3-5,7,13H,6H2,1-2H3. The summed E-state index contributed by atoms with van der Waals surface area (Å²) in [5, 5.41) is 1.24. The summed E-state index contributed by atoms with van der Waals surface area (Å²) in [6, 6.07) is 6.26. The molecule has 15 heavy (non-hydrogen) atoms. The van der Waals surface area contributed by atoms with Gasteiger partial charge in [-0.1, -0.05) is 12.1 Å². The van der Waals surface area contributed by atoms with Crippen molar-refractivity contribution in [1.29, 1.82) is 0 Å².